The summed E-state index contributed by atoms with van der Waals surface area (Å²) in [4.78, 5) is 46.8. The van der Waals surface area contributed by atoms with Crippen LogP contribution in [0.2, 0.25) is 5.02 Å². The van der Waals surface area contributed by atoms with Crippen LogP contribution in [0.5, 0.6) is 5.75 Å². The lowest BCUT2D eigenvalue weighted by molar-refractivity contribution is -0.147. The van der Waals surface area contributed by atoms with E-state index in [1.807, 2.05) is 13.8 Å². The number of esters is 1. The number of hydrogen-bond acceptors (Lipinski definition) is 13. The molecule has 2 aromatic heterocycles. The van der Waals surface area contributed by atoms with Gasteiger partial charge in [0.25, 0.3) is 0 Å². The lowest BCUT2D eigenvalue weighted by atomic mass is 9.97. The van der Waals surface area contributed by atoms with Gasteiger partial charge in [-0.25, -0.2) is 19.6 Å². The van der Waals surface area contributed by atoms with Gasteiger partial charge in [-0.1, -0.05) is 55.8 Å². The van der Waals surface area contributed by atoms with Gasteiger partial charge in [0.2, 0.25) is 11.8 Å². The Balaban J connectivity index is 1.31. The molecule has 294 valence electrons. The average Bonchev–Trinajstić information content (AvgIpc) is 3.64. The number of nitrogen functional groups attached to an aromatic ring is 1. The molecule has 2 heterocycles. The van der Waals surface area contributed by atoms with Gasteiger partial charge < -0.3 is 35.0 Å². The SMILES string of the molecule is CC[C@H](C)[C@H](NC(=O)OC(C)(C)C)C(=O)N[C@@H](C)C(=O)OCCCOc1ccc(-c2c(C#N)c(N)nc(SCc3coc(-c4ccc(Cl)cc4)n3)c2C#N)cc1. The van der Waals surface area contributed by atoms with Gasteiger partial charge in [-0.2, -0.15) is 10.5 Å². The standard InChI is InChI=1S/C40H44ClN7O7S/c1-7-23(2)33(47-39(51)55-40(4,5)6)35(49)45-24(3)38(50)53-18-8-17-52-29-15-11-25(12-16-29)32-30(19-42)34(44)48-37(31(32)20-43)56-22-28-21-54-36(46-28)26-9-13-27(41)14-10-26/h9-16,21,23-24,33H,7-8,17-18,22H2,1-6H3,(H2,44,48)(H,45,49)(H,47,51)/t23-,24-,33-/m0/s1. The van der Waals surface area contributed by atoms with Crippen molar-refractivity contribution in [3.63, 3.8) is 0 Å². The topological polar surface area (TPSA) is 215 Å². The summed E-state index contributed by atoms with van der Waals surface area (Å²) in [6.07, 6.45) is 1.77. The Morgan fingerprint density at radius 1 is 0.964 bits per heavy atom. The molecule has 4 rings (SSSR count). The maximum absolute atomic E-state index is 13.0. The van der Waals surface area contributed by atoms with Gasteiger partial charge in [0.15, 0.2) is 0 Å². The Bertz CT molecular complexity index is 2090. The molecular weight excluding hydrogens is 758 g/mol. The summed E-state index contributed by atoms with van der Waals surface area (Å²) in [5.41, 5.74) is 8.03. The number of pyridine rings is 1. The summed E-state index contributed by atoms with van der Waals surface area (Å²) < 4.78 is 22.1. The third-order valence-corrected chi connectivity index (χ3v) is 9.50. The van der Waals surface area contributed by atoms with Gasteiger partial charge in [-0.3, -0.25) is 4.79 Å². The molecule has 0 bridgehead atoms. The first-order valence-corrected chi connectivity index (χ1v) is 19.2. The van der Waals surface area contributed by atoms with Crippen LogP contribution in [0.25, 0.3) is 22.6 Å². The summed E-state index contributed by atoms with van der Waals surface area (Å²) >= 11 is 7.23. The molecule has 14 nitrogen and oxygen atoms in total. The number of nitrogens with two attached hydrogens (primary N) is 1. The molecule has 2 aromatic carbocycles. The number of hydrogen-bond donors (Lipinski definition) is 3. The van der Waals surface area contributed by atoms with Crippen LogP contribution < -0.4 is 21.1 Å². The van der Waals surface area contributed by atoms with Crippen molar-refractivity contribution in [3.05, 3.63) is 76.6 Å². The number of nitrogens with one attached hydrogen (secondary N) is 2. The number of alkyl carbamates (subject to hydrolysis) is 1. The van der Waals surface area contributed by atoms with Crippen molar-refractivity contribution >= 4 is 47.2 Å². The Kier molecular flexibility index (Phi) is 15.1. The highest BCUT2D eigenvalue weighted by atomic mass is 35.5. The molecule has 0 saturated carbocycles. The maximum Gasteiger partial charge on any atom is 0.408 e. The molecular formula is C40H44ClN7O7S. The van der Waals surface area contributed by atoms with Crippen LogP contribution in [0, 0.1) is 28.6 Å². The highest BCUT2D eigenvalue weighted by molar-refractivity contribution is 7.98. The van der Waals surface area contributed by atoms with Crippen molar-refractivity contribution in [1.82, 2.24) is 20.6 Å². The third-order valence-electron chi connectivity index (χ3n) is 8.24. The number of carbonyl (C=O) groups is 3. The van der Waals surface area contributed by atoms with Crippen LogP contribution in [-0.2, 0) is 24.8 Å². The van der Waals surface area contributed by atoms with E-state index in [4.69, 9.17) is 36.0 Å². The lowest BCUT2D eigenvalue weighted by Gasteiger charge is -2.27. The number of ether oxygens (including phenoxy) is 3. The summed E-state index contributed by atoms with van der Waals surface area (Å²) in [5, 5.41) is 26.3. The second-order valence-corrected chi connectivity index (χ2v) is 15.1. The monoisotopic (exact) mass is 801 g/mol. The number of rotatable bonds is 16. The van der Waals surface area contributed by atoms with Crippen LogP contribution in [0.4, 0.5) is 10.6 Å². The van der Waals surface area contributed by atoms with Gasteiger partial charge in [-0.15, -0.1) is 0 Å². The number of halogens is 1. The predicted molar refractivity (Wildman–Crippen MR) is 211 cm³/mol. The van der Waals surface area contributed by atoms with Gasteiger partial charge in [0.1, 0.15) is 58.2 Å². The molecule has 0 fully saturated rings. The minimum Gasteiger partial charge on any atom is -0.493 e. The minimum atomic E-state index is -0.962. The molecule has 4 N–H and O–H groups in total. The molecule has 2 amide bonds. The van der Waals surface area contributed by atoms with Crippen molar-refractivity contribution in [2.75, 3.05) is 18.9 Å². The van der Waals surface area contributed by atoms with E-state index in [2.05, 4.69) is 32.7 Å². The second-order valence-electron chi connectivity index (χ2n) is 13.7. The average molecular weight is 802 g/mol. The molecule has 0 saturated heterocycles. The molecule has 0 aliphatic rings. The molecule has 0 unspecified atom stereocenters. The van der Waals surface area contributed by atoms with Crippen LogP contribution in [0.3, 0.4) is 0 Å². The summed E-state index contributed by atoms with van der Waals surface area (Å²) in [6.45, 7) is 10.6. The van der Waals surface area contributed by atoms with E-state index < -0.39 is 35.7 Å². The van der Waals surface area contributed by atoms with E-state index in [9.17, 15) is 24.9 Å². The molecule has 0 aliphatic carbocycles. The quantitative estimate of drug-likeness (QED) is 0.0571. The molecule has 56 heavy (non-hydrogen) atoms. The van der Waals surface area contributed by atoms with Gasteiger partial charge in [0, 0.05) is 28.3 Å². The summed E-state index contributed by atoms with van der Waals surface area (Å²) in [5.74, 6) is -0.135. The first-order valence-electron chi connectivity index (χ1n) is 17.8. The first-order chi connectivity index (χ1) is 26.6. The number of oxazole rings is 1. The van der Waals surface area contributed by atoms with Crippen LogP contribution in [0.15, 0.2) is 64.2 Å². The van der Waals surface area contributed by atoms with Crippen LogP contribution in [-0.4, -0.2) is 58.8 Å². The smallest absolute Gasteiger partial charge is 0.408 e. The zero-order chi connectivity index (χ0) is 41.0. The van der Waals surface area contributed by atoms with Gasteiger partial charge in [0.05, 0.1) is 24.5 Å². The van der Waals surface area contributed by atoms with E-state index in [1.165, 1.54) is 24.9 Å². The number of nitrogens with zero attached hydrogens (tertiary/aromatic N) is 4. The molecule has 16 heteroatoms. The lowest BCUT2D eigenvalue weighted by Crippen LogP contribution is -2.54. The maximum atomic E-state index is 13.0. The minimum absolute atomic E-state index is 0.0115. The summed E-state index contributed by atoms with van der Waals surface area (Å²) in [6, 6.07) is 16.3. The number of aromatic nitrogens is 2. The van der Waals surface area contributed by atoms with E-state index in [0.717, 1.165) is 5.56 Å². The van der Waals surface area contributed by atoms with Gasteiger partial charge in [-0.05, 0) is 75.6 Å². The largest absolute Gasteiger partial charge is 0.493 e. The number of anilines is 1. The highest BCUT2D eigenvalue weighted by Gasteiger charge is 2.30. The fourth-order valence-electron chi connectivity index (χ4n) is 5.19. The van der Waals surface area contributed by atoms with Crippen molar-refractivity contribution in [1.29, 1.82) is 10.5 Å². The molecule has 0 radical (unpaired) electrons. The number of carbonyl (C=O) groups excluding carboxylic acids is 3. The van der Waals surface area contributed by atoms with Crippen LogP contribution >= 0.6 is 23.4 Å². The van der Waals surface area contributed by atoms with E-state index in [1.54, 1.807) is 69.3 Å². The Morgan fingerprint density at radius 3 is 2.25 bits per heavy atom. The van der Waals surface area contributed by atoms with E-state index in [-0.39, 0.29) is 36.1 Å². The first kappa shape index (κ1) is 43.0. The van der Waals surface area contributed by atoms with Crippen molar-refractivity contribution in [3.8, 4) is 40.5 Å². The summed E-state index contributed by atoms with van der Waals surface area (Å²) in [7, 11) is 0. The number of nitriles is 2. The number of amides is 2. The number of benzene rings is 2. The van der Waals surface area contributed by atoms with E-state index in [0.29, 0.717) is 57.1 Å². The highest BCUT2D eigenvalue weighted by Crippen LogP contribution is 2.37. The predicted octanol–water partition coefficient (Wildman–Crippen LogP) is 7.43. The molecule has 0 aliphatic heterocycles. The third kappa shape index (κ3) is 11.9. The normalized spacial score (nSPS) is 12.7. The van der Waals surface area contributed by atoms with Gasteiger partial charge >= 0.3 is 12.1 Å². The zero-order valence-electron chi connectivity index (χ0n) is 32.0. The van der Waals surface area contributed by atoms with Crippen LogP contribution in [0.1, 0.15) is 71.2 Å². The van der Waals surface area contributed by atoms with E-state index >= 15 is 0 Å². The Labute approximate surface area is 335 Å². The molecule has 4 aromatic rings. The van der Waals surface area contributed by atoms with Crippen molar-refractivity contribution < 1.29 is 33.0 Å². The Morgan fingerprint density at radius 2 is 1.62 bits per heavy atom. The molecule has 0 spiro atoms. The second kappa shape index (κ2) is 19.7. The number of thioether (sulfide) groups is 1. The fraction of sp³-hybridized carbons (Fsp3) is 0.375. The Hall–Kier alpha value is -5.77. The van der Waals surface area contributed by atoms with Crippen molar-refractivity contribution in [2.45, 2.75) is 82.8 Å². The van der Waals surface area contributed by atoms with Crippen molar-refractivity contribution in [2.24, 2.45) is 5.92 Å². The molecule has 3 atom stereocenters. The zero-order valence-corrected chi connectivity index (χ0v) is 33.5. The fourth-order valence-corrected chi connectivity index (χ4v) is 6.19.